The number of carbonyl (C=O) groups is 1. The van der Waals surface area contributed by atoms with Gasteiger partial charge in [-0.15, -0.1) is 0 Å². The Kier molecular flexibility index (Phi) is 2.90. The lowest BCUT2D eigenvalue weighted by Gasteiger charge is -2.06. The normalized spacial score (nSPS) is 11.0. The molecule has 1 rings (SSSR count). The van der Waals surface area contributed by atoms with Crippen molar-refractivity contribution in [3.05, 3.63) is 23.8 Å². The molecule has 0 aliphatic carbocycles. The second kappa shape index (κ2) is 3.79. The summed E-state index contributed by atoms with van der Waals surface area (Å²) >= 11 is 0. The van der Waals surface area contributed by atoms with Gasteiger partial charge in [-0.2, -0.15) is 0 Å². The fourth-order valence-electron chi connectivity index (χ4n) is 1.14. The van der Waals surface area contributed by atoms with Crippen molar-refractivity contribution >= 4 is 16.1 Å². The average Bonchev–Trinajstić information content (AvgIpc) is 2.15. The van der Waals surface area contributed by atoms with Crippen LogP contribution in [0.4, 0.5) is 0 Å². The lowest BCUT2D eigenvalue weighted by Crippen LogP contribution is -2.03. The van der Waals surface area contributed by atoms with Crippen LogP contribution >= 0.6 is 0 Å². The van der Waals surface area contributed by atoms with Crippen LogP contribution in [0.15, 0.2) is 23.1 Å². The Morgan fingerprint density at radius 1 is 1.36 bits per heavy atom. The first kappa shape index (κ1) is 10.7. The van der Waals surface area contributed by atoms with E-state index in [1.165, 1.54) is 19.2 Å². The van der Waals surface area contributed by atoms with Gasteiger partial charge in [0.2, 0.25) is 0 Å². The summed E-state index contributed by atoms with van der Waals surface area (Å²) in [6.07, 6.45) is 1.53. The van der Waals surface area contributed by atoms with Gasteiger partial charge in [0.05, 0.1) is 17.6 Å². The molecular formula is C9H10O4S. The van der Waals surface area contributed by atoms with Gasteiger partial charge in [0.25, 0.3) is 0 Å². The van der Waals surface area contributed by atoms with Crippen molar-refractivity contribution in [2.45, 2.75) is 4.90 Å². The molecule has 14 heavy (non-hydrogen) atoms. The van der Waals surface area contributed by atoms with Crippen molar-refractivity contribution in [2.24, 2.45) is 0 Å². The number of hydrogen-bond acceptors (Lipinski definition) is 4. The minimum absolute atomic E-state index is 0.00755. The molecule has 76 valence electrons. The summed E-state index contributed by atoms with van der Waals surface area (Å²) in [5.74, 6) is 0.267. The summed E-state index contributed by atoms with van der Waals surface area (Å²) in [6, 6.07) is 4.45. The molecule has 0 saturated heterocycles. The fraction of sp³-hybridized carbons (Fsp3) is 0.222. The van der Waals surface area contributed by atoms with Gasteiger partial charge in [-0.05, 0) is 12.1 Å². The molecule has 0 unspecified atom stereocenters. The lowest BCUT2D eigenvalue weighted by atomic mass is 10.2. The number of hydrogen-bond donors (Lipinski definition) is 0. The maximum Gasteiger partial charge on any atom is 0.176 e. The van der Waals surface area contributed by atoms with E-state index in [0.29, 0.717) is 6.29 Å². The Hall–Kier alpha value is -1.36. The van der Waals surface area contributed by atoms with Crippen molar-refractivity contribution in [3.8, 4) is 5.75 Å². The molecule has 0 fully saturated rings. The lowest BCUT2D eigenvalue weighted by molar-refractivity contribution is 0.111. The van der Waals surface area contributed by atoms with Gasteiger partial charge < -0.3 is 4.74 Å². The topological polar surface area (TPSA) is 60.4 Å². The Bertz CT molecular complexity index is 448. The third-order valence-electron chi connectivity index (χ3n) is 1.76. The SMILES string of the molecule is COc1cccc(S(C)(=O)=O)c1C=O. The minimum Gasteiger partial charge on any atom is -0.496 e. The van der Waals surface area contributed by atoms with Crippen molar-refractivity contribution in [1.29, 1.82) is 0 Å². The van der Waals surface area contributed by atoms with E-state index >= 15 is 0 Å². The number of methoxy groups -OCH3 is 1. The van der Waals surface area contributed by atoms with Crippen LogP contribution in [-0.4, -0.2) is 28.1 Å². The molecule has 0 bridgehead atoms. The van der Waals surface area contributed by atoms with Crippen LogP contribution in [0, 0.1) is 0 Å². The summed E-state index contributed by atoms with van der Waals surface area (Å²) in [5.41, 5.74) is 0.0671. The number of sulfone groups is 1. The van der Waals surface area contributed by atoms with Gasteiger partial charge in [0, 0.05) is 6.26 Å². The number of benzene rings is 1. The first-order valence-corrected chi connectivity index (χ1v) is 5.72. The highest BCUT2D eigenvalue weighted by Gasteiger charge is 2.15. The molecule has 0 atom stereocenters. The molecule has 1 aromatic rings. The van der Waals surface area contributed by atoms with Gasteiger partial charge >= 0.3 is 0 Å². The molecule has 0 amide bonds. The quantitative estimate of drug-likeness (QED) is 0.702. The third-order valence-corrected chi connectivity index (χ3v) is 2.92. The molecule has 5 heteroatoms. The Balaban J connectivity index is 3.53. The van der Waals surface area contributed by atoms with Crippen molar-refractivity contribution < 1.29 is 17.9 Å². The Morgan fingerprint density at radius 3 is 2.43 bits per heavy atom. The van der Waals surface area contributed by atoms with Crippen LogP contribution in [0.2, 0.25) is 0 Å². The van der Waals surface area contributed by atoms with E-state index in [0.717, 1.165) is 6.26 Å². The van der Waals surface area contributed by atoms with E-state index in [9.17, 15) is 13.2 Å². The molecule has 0 aliphatic rings. The van der Waals surface area contributed by atoms with Crippen LogP contribution in [0.3, 0.4) is 0 Å². The van der Waals surface area contributed by atoms with Gasteiger partial charge in [0.15, 0.2) is 16.1 Å². The number of aldehydes is 1. The molecule has 0 N–H and O–H groups in total. The number of ether oxygens (including phenoxy) is 1. The van der Waals surface area contributed by atoms with E-state index in [-0.39, 0.29) is 16.2 Å². The standard InChI is InChI=1S/C9H10O4S/c1-13-8-4-3-5-9(7(8)6-10)14(2,11)12/h3-6H,1-2H3. The predicted molar refractivity (Wildman–Crippen MR) is 51.5 cm³/mol. The predicted octanol–water partition coefficient (Wildman–Crippen LogP) is 0.911. The van der Waals surface area contributed by atoms with E-state index in [2.05, 4.69) is 0 Å². The highest BCUT2D eigenvalue weighted by molar-refractivity contribution is 7.90. The second-order valence-electron chi connectivity index (χ2n) is 2.76. The molecule has 0 spiro atoms. The monoisotopic (exact) mass is 214 g/mol. The van der Waals surface area contributed by atoms with Crippen LogP contribution < -0.4 is 4.74 Å². The van der Waals surface area contributed by atoms with E-state index < -0.39 is 9.84 Å². The maximum atomic E-state index is 11.3. The van der Waals surface area contributed by atoms with Crippen molar-refractivity contribution in [3.63, 3.8) is 0 Å². The molecule has 0 aliphatic heterocycles. The molecule has 0 heterocycles. The van der Waals surface area contributed by atoms with Crippen molar-refractivity contribution in [2.75, 3.05) is 13.4 Å². The molecule has 4 nitrogen and oxygen atoms in total. The summed E-state index contributed by atoms with van der Waals surface area (Å²) in [5, 5.41) is 0. The highest BCUT2D eigenvalue weighted by Crippen LogP contribution is 2.23. The first-order chi connectivity index (χ1) is 6.50. The maximum absolute atomic E-state index is 11.3. The van der Waals surface area contributed by atoms with E-state index in [1.807, 2.05) is 0 Å². The minimum atomic E-state index is -3.39. The fourth-order valence-corrected chi connectivity index (χ4v) is 2.02. The molecule has 0 aromatic heterocycles. The summed E-state index contributed by atoms with van der Waals surface area (Å²) in [6.45, 7) is 0. The molecule has 1 aromatic carbocycles. The van der Waals surface area contributed by atoms with E-state index in [1.54, 1.807) is 6.07 Å². The van der Waals surface area contributed by atoms with Crippen molar-refractivity contribution in [1.82, 2.24) is 0 Å². The zero-order chi connectivity index (χ0) is 10.8. The third kappa shape index (κ3) is 1.93. The summed E-state index contributed by atoms with van der Waals surface area (Å²) < 4.78 is 27.4. The van der Waals surface area contributed by atoms with Gasteiger partial charge in [-0.25, -0.2) is 8.42 Å². The van der Waals surface area contributed by atoms with E-state index in [4.69, 9.17) is 4.74 Å². The van der Waals surface area contributed by atoms with Crippen LogP contribution in [0.25, 0.3) is 0 Å². The van der Waals surface area contributed by atoms with Gasteiger partial charge in [0.1, 0.15) is 5.75 Å². The average molecular weight is 214 g/mol. The Morgan fingerprint density at radius 2 is 2.00 bits per heavy atom. The first-order valence-electron chi connectivity index (χ1n) is 3.83. The molecule has 0 saturated carbocycles. The highest BCUT2D eigenvalue weighted by atomic mass is 32.2. The zero-order valence-electron chi connectivity index (χ0n) is 7.85. The second-order valence-corrected chi connectivity index (χ2v) is 4.75. The number of rotatable bonds is 3. The summed E-state index contributed by atoms with van der Waals surface area (Å²) in [7, 11) is -2.01. The van der Waals surface area contributed by atoms with Gasteiger partial charge in [-0.1, -0.05) is 6.07 Å². The van der Waals surface area contributed by atoms with Crippen LogP contribution in [0.5, 0.6) is 5.75 Å². The largest absolute Gasteiger partial charge is 0.496 e. The molecule has 0 radical (unpaired) electrons. The van der Waals surface area contributed by atoms with Crippen LogP contribution in [0.1, 0.15) is 10.4 Å². The number of carbonyl (C=O) groups excluding carboxylic acids is 1. The summed E-state index contributed by atoms with van der Waals surface area (Å²) in [4.78, 5) is 10.7. The van der Waals surface area contributed by atoms with Gasteiger partial charge in [-0.3, -0.25) is 4.79 Å². The Labute approximate surface area is 82.4 Å². The molecular weight excluding hydrogens is 204 g/mol. The smallest absolute Gasteiger partial charge is 0.176 e. The zero-order valence-corrected chi connectivity index (χ0v) is 8.67. The van der Waals surface area contributed by atoms with Crippen LogP contribution in [-0.2, 0) is 9.84 Å².